The number of aryl methyl sites for hydroxylation is 1. The van der Waals surface area contributed by atoms with Gasteiger partial charge in [0.25, 0.3) is 5.91 Å². The topological polar surface area (TPSA) is 50.8 Å². The Bertz CT molecular complexity index is 724. The number of carbonyl (C=O) groups is 1. The predicted octanol–water partition coefficient (Wildman–Crippen LogP) is 3.09. The second kappa shape index (κ2) is 7.36. The van der Waals surface area contributed by atoms with Crippen LogP contribution < -0.4 is 15.0 Å². The lowest BCUT2D eigenvalue weighted by atomic mass is 10.1. The summed E-state index contributed by atoms with van der Waals surface area (Å²) in [6, 6.07) is 13.4. The summed E-state index contributed by atoms with van der Waals surface area (Å²) in [5.41, 5.74) is 3.29. The van der Waals surface area contributed by atoms with Gasteiger partial charge in [-0.1, -0.05) is 24.3 Å². The fourth-order valence-corrected chi connectivity index (χ4v) is 2.95. The summed E-state index contributed by atoms with van der Waals surface area (Å²) in [4.78, 5) is 15.0. The van der Waals surface area contributed by atoms with Gasteiger partial charge in [0.05, 0.1) is 37.3 Å². The molecule has 0 aromatic heterocycles. The number of benzene rings is 2. The van der Waals surface area contributed by atoms with Crippen LogP contribution in [0.15, 0.2) is 42.5 Å². The number of ether oxygens (including phenoxy) is 2. The number of hydrogen-bond donors (Lipinski definition) is 1. The quantitative estimate of drug-likeness (QED) is 0.938. The van der Waals surface area contributed by atoms with Crippen molar-refractivity contribution in [2.75, 3.05) is 43.6 Å². The van der Waals surface area contributed by atoms with E-state index in [9.17, 15) is 4.79 Å². The molecule has 1 heterocycles. The molecule has 0 atom stereocenters. The molecule has 0 radical (unpaired) electrons. The van der Waals surface area contributed by atoms with Crippen LogP contribution in [0.2, 0.25) is 0 Å². The number of nitrogens with zero attached hydrogens (tertiary/aromatic N) is 1. The van der Waals surface area contributed by atoms with E-state index in [4.69, 9.17) is 9.47 Å². The van der Waals surface area contributed by atoms with Crippen molar-refractivity contribution in [2.24, 2.45) is 0 Å². The maximum atomic E-state index is 12.7. The Morgan fingerprint density at radius 1 is 1.12 bits per heavy atom. The molecule has 1 fully saturated rings. The van der Waals surface area contributed by atoms with Crippen LogP contribution in [0.3, 0.4) is 0 Å². The van der Waals surface area contributed by atoms with Crippen molar-refractivity contribution >= 4 is 17.3 Å². The minimum absolute atomic E-state index is 0.170. The molecule has 2 aromatic carbocycles. The van der Waals surface area contributed by atoms with Gasteiger partial charge >= 0.3 is 0 Å². The van der Waals surface area contributed by atoms with Crippen LogP contribution >= 0.6 is 0 Å². The van der Waals surface area contributed by atoms with E-state index in [0.717, 1.165) is 30.0 Å². The molecule has 126 valence electrons. The Hall–Kier alpha value is -2.53. The van der Waals surface area contributed by atoms with Crippen molar-refractivity contribution in [3.63, 3.8) is 0 Å². The van der Waals surface area contributed by atoms with Gasteiger partial charge in [0.1, 0.15) is 5.75 Å². The highest BCUT2D eigenvalue weighted by Gasteiger charge is 2.18. The summed E-state index contributed by atoms with van der Waals surface area (Å²) >= 11 is 0. The first-order valence-corrected chi connectivity index (χ1v) is 8.07. The number of para-hydroxylation sites is 3. The summed E-state index contributed by atoms with van der Waals surface area (Å²) in [7, 11) is 1.58. The molecule has 24 heavy (non-hydrogen) atoms. The van der Waals surface area contributed by atoms with Crippen molar-refractivity contribution in [3.05, 3.63) is 53.6 Å². The van der Waals surface area contributed by atoms with Crippen molar-refractivity contribution in [3.8, 4) is 5.75 Å². The maximum Gasteiger partial charge on any atom is 0.259 e. The number of hydrogen-bond acceptors (Lipinski definition) is 4. The number of carbonyl (C=O) groups excluding carboxylic acids is 1. The van der Waals surface area contributed by atoms with Gasteiger partial charge in [-0.05, 0) is 30.7 Å². The fourth-order valence-electron chi connectivity index (χ4n) is 2.95. The van der Waals surface area contributed by atoms with Gasteiger partial charge in [-0.2, -0.15) is 0 Å². The first-order chi connectivity index (χ1) is 11.7. The highest BCUT2D eigenvalue weighted by Crippen LogP contribution is 2.29. The number of morpholine rings is 1. The highest BCUT2D eigenvalue weighted by molar-refractivity contribution is 6.08. The molecule has 0 unspecified atom stereocenters. The predicted molar refractivity (Wildman–Crippen MR) is 95.2 cm³/mol. The molecule has 0 aliphatic carbocycles. The van der Waals surface area contributed by atoms with Crippen molar-refractivity contribution in [1.29, 1.82) is 0 Å². The molecule has 5 nitrogen and oxygen atoms in total. The lowest BCUT2D eigenvalue weighted by molar-refractivity contribution is 0.102. The number of nitrogens with one attached hydrogen (secondary N) is 1. The normalized spacial score (nSPS) is 14.3. The molecular formula is C19H22N2O3. The molecule has 1 aliphatic rings. The zero-order valence-corrected chi connectivity index (χ0v) is 14.0. The van der Waals surface area contributed by atoms with E-state index in [0.29, 0.717) is 24.5 Å². The first kappa shape index (κ1) is 16.3. The Morgan fingerprint density at radius 2 is 1.88 bits per heavy atom. The largest absolute Gasteiger partial charge is 0.496 e. The zero-order valence-electron chi connectivity index (χ0n) is 14.0. The zero-order chi connectivity index (χ0) is 16.9. The van der Waals surface area contributed by atoms with Gasteiger partial charge in [-0.3, -0.25) is 4.79 Å². The minimum atomic E-state index is -0.170. The van der Waals surface area contributed by atoms with Crippen LogP contribution in [-0.4, -0.2) is 39.3 Å². The van der Waals surface area contributed by atoms with Gasteiger partial charge in [0.15, 0.2) is 0 Å². The van der Waals surface area contributed by atoms with Crippen molar-refractivity contribution < 1.29 is 14.3 Å². The van der Waals surface area contributed by atoms with Crippen LogP contribution in [0, 0.1) is 6.92 Å². The molecule has 2 aromatic rings. The van der Waals surface area contributed by atoms with Gasteiger partial charge in [-0.15, -0.1) is 0 Å². The van der Waals surface area contributed by atoms with Gasteiger partial charge in [-0.25, -0.2) is 0 Å². The number of anilines is 2. The van der Waals surface area contributed by atoms with Crippen LogP contribution in [0.4, 0.5) is 11.4 Å². The van der Waals surface area contributed by atoms with E-state index in [1.165, 1.54) is 0 Å². The summed E-state index contributed by atoms with van der Waals surface area (Å²) in [6.45, 7) is 4.97. The second-order valence-corrected chi connectivity index (χ2v) is 5.73. The molecular weight excluding hydrogens is 304 g/mol. The number of rotatable bonds is 4. The summed E-state index contributed by atoms with van der Waals surface area (Å²) in [6.07, 6.45) is 0. The van der Waals surface area contributed by atoms with E-state index < -0.39 is 0 Å². The van der Waals surface area contributed by atoms with Crippen LogP contribution in [0.1, 0.15) is 15.9 Å². The third kappa shape index (κ3) is 3.36. The number of methoxy groups -OCH3 is 1. The summed E-state index contributed by atoms with van der Waals surface area (Å²) in [5, 5.41) is 3.02. The second-order valence-electron chi connectivity index (χ2n) is 5.73. The van der Waals surface area contributed by atoms with Crippen molar-refractivity contribution in [2.45, 2.75) is 6.92 Å². The fraction of sp³-hybridized carbons (Fsp3) is 0.316. The van der Waals surface area contributed by atoms with Crippen LogP contribution in [0.25, 0.3) is 0 Å². The molecule has 0 spiro atoms. The average Bonchev–Trinajstić information content (AvgIpc) is 2.62. The Labute approximate surface area is 142 Å². The Balaban J connectivity index is 1.86. The average molecular weight is 326 g/mol. The van der Waals surface area contributed by atoms with E-state index in [1.807, 2.05) is 43.3 Å². The van der Waals surface area contributed by atoms with Crippen LogP contribution in [0.5, 0.6) is 5.75 Å². The van der Waals surface area contributed by atoms with E-state index in [1.54, 1.807) is 13.2 Å². The van der Waals surface area contributed by atoms with Crippen molar-refractivity contribution in [1.82, 2.24) is 0 Å². The molecule has 1 aliphatic heterocycles. The highest BCUT2D eigenvalue weighted by atomic mass is 16.5. The molecule has 0 saturated carbocycles. The SMILES string of the molecule is COc1c(C)cccc1C(=O)Nc1ccccc1N1CCOCC1. The molecule has 5 heteroatoms. The van der Waals surface area contributed by atoms with E-state index in [-0.39, 0.29) is 5.91 Å². The van der Waals surface area contributed by atoms with Crippen LogP contribution in [-0.2, 0) is 4.74 Å². The van der Waals surface area contributed by atoms with Gasteiger partial charge < -0.3 is 19.7 Å². The van der Waals surface area contributed by atoms with E-state index >= 15 is 0 Å². The third-order valence-electron chi connectivity index (χ3n) is 4.16. The molecule has 3 rings (SSSR count). The summed E-state index contributed by atoms with van der Waals surface area (Å²) < 4.78 is 10.8. The molecule has 1 amide bonds. The standard InChI is InChI=1S/C19H22N2O3/c1-14-6-5-7-15(18(14)23-2)19(22)20-16-8-3-4-9-17(16)21-10-12-24-13-11-21/h3-9H,10-13H2,1-2H3,(H,20,22). The monoisotopic (exact) mass is 326 g/mol. The molecule has 1 saturated heterocycles. The molecule has 1 N–H and O–H groups in total. The summed E-state index contributed by atoms with van der Waals surface area (Å²) in [5.74, 6) is 0.440. The Morgan fingerprint density at radius 3 is 2.62 bits per heavy atom. The van der Waals surface area contributed by atoms with Gasteiger partial charge in [0, 0.05) is 13.1 Å². The maximum absolute atomic E-state index is 12.7. The first-order valence-electron chi connectivity index (χ1n) is 8.07. The minimum Gasteiger partial charge on any atom is -0.496 e. The molecule has 0 bridgehead atoms. The van der Waals surface area contributed by atoms with Gasteiger partial charge in [0.2, 0.25) is 0 Å². The van der Waals surface area contributed by atoms with E-state index in [2.05, 4.69) is 10.2 Å². The third-order valence-corrected chi connectivity index (χ3v) is 4.16. The lowest BCUT2D eigenvalue weighted by Gasteiger charge is -2.30. The smallest absolute Gasteiger partial charge is 0.259 e. The Kier molecular flexibility index (Phi) is 5.01. The number of amides is 1. The lowest BCUT2D eigenvalue weighted by Crippen LogP contribution is -2.36.